The van der Waals surface area contributed by atoms with Crippen molar-refractivity contribution in [1.82, 2.24) is 9.91 Å². The fourth-order valence-electron chi connectivity index (χ4n) is 4.72. The summed E-state index contributed by atoms with van der Waals surface area (Å²) >= 11 is 0. The second kappa shape index (κ2) is 11.4. The molecule has 2 aliphatic heterocycles. The Kier molecular flexibility index (Phi) is 8.02. The number of benzene rings is 2. The molecule has 186 valence electrons. The fourth-order valence-corrected chi connectivity index (χ4v) is 4.72. The lowest BCUT2D eigenvalue weighted by Crippen LogP contribution is -2.43. The van der Waals surface area contributed by atoms with Crippen LogP contribution in [0.4, 0.5) is 0 Å². The minimum absolute atomic E-state index is 0.0645. The standard InChI is InChI=1S/C27H33N3O5/c1-4-35-27(32)20-13-15-29(16-14-20)18-26(31)30-24(19-9-11-21(33-2)12-10-19)17-23(28-30)22-7-5-6-8-25(22)34-3/h5-12,20,24H,4,13-18H2,1-3H3. The van der Waals surface area contributed by atoms with E-state index in [4.69, 9.17) is 19.3 Å². The highest BCUT2D eigenvalue weighted by Crippen LogP contribution is 2.35. The zero-order chi connectivity index (χ0) is 24.8. The number of hydrogen-bond acceptors (Lipinski definition) is 7. The van der Waals surface area contributed by atoms with Gasteiger partial charge >= 0.3 is 5.97 Å². The highest BCUT2D eigenvalue weighted by molar-refractivity contribution is 6.05. The minimum atomic E-state index is -0.217. The van der Waals surface area contributed by atoms with Crippen LogP contribution in [-0.2, 0) is 14.3 Å². The van der Waals surface area contributed by atoms with Crippen molar-refractivity contribution in [3.05, 3.63) is 59.7 Å². The average molecular weight is 480 g/mol. The molecule has 0 aliphatic carbocycles. The highest BCUT2D eigenvalue weighted by atomic mass is 16.5. The molecular weight excluding hydrogens is 446 g/mol. The van der Waals surface area contributed by atoms with Crippen molar-refractivity contribution in [2.24, 2.45) is 11.0 Å². The Hall–Kier alpha value is -3.39. The Morgan fingerprint density at radius 3 is 2.37 bits per heavy atom. The van der Waals surface area contributed by atoms with Gasteiger partial charge in [-0.25, -0.2) is 5.01 Å². The van der Waals surface area contributed by atoms with Crippen LogP contribution in [-0.4, -0.2) is 68.0 Å². The van der Waals surface area contributed by atoms with Gasteiger partial charge in [0.15, 0.2) is 0 Å². The maximum atomic E-state index is 13.5. The minimum Gasteiger partial charge on any atom is -0.497 e. The van der Waals surface area contributed by atoms with Crippen LogP contribution in [0.25, 0.3) is 0 Å². The van der Waals surface area contributed by atoms with Gasteiger partial charge < -0.3 is 14.2 Å². The van der Waals surface area contributed by atoms with Crippen molar-refractivity contribution in [2.75, 3.05) is 40.5 Å². The molecule has 0 aromatic heterocycles. The maximum absolute atomic E-state index is 13.5. The lowest BCUT2D eigenvalue weighted by molar-refractivity contribution is -0.149. The van der Waals surface area contributed by atoms with Crippen LogP contribution in [0.3, 0.4) is 0 Å². The number of esters is 1. The molecule has 8 nitrogen and oxygen atoms in total. The number of piperidine rings is 1. The Morgan fingerprint density at radius 2 is 1.71 bits per heavy atom. The third-order valence-corrected chi connectivity index (χ3v) is 6.65. The van der Waals surface area contributed by atoms with Crippen molar-refractivity contribution in [1.29, 1.82) is 0 Å². The van der Waals surface area contributed by atoms with E-state index in [1.54, 1.807) is 19.2 Å². The second-order valence-corrected chi connectivity index (χ2v) is 8.78. The largest absolute Gasteiger partial charge is 0.497 e. The summed E-state index contributed by atoms with van der Waals surface area (Å²) in [7, 11) is 3.27. The van der Waals surface area contributed by atoms with Crippen LogP contribution in [0.2, 0.25) is 0 Å². The summed E-state index contributed by atoms with van der Waals surface area (Å²) in [5.74, 6) is 1.21. The molecule has 1 fully saturated rings. The van der Waals surface area contributed by atoms with E-state index in [1.165, 1.54) is 0 Å². The molecule has 4 rings (SSSR count). The molecule has 8 heteroatoms. The normalized spacial score (nSPS) is 18.8. The van der Waals surface area contributed by atoms with Gasteiger partial charge in [0, 0.05) is 12.0 Å². The quantitative estimate of drug-likeness (QED) is 0.538. The topological polar surface area (TPSA) is 80.7 Å². The van der Waals surface area contributed by atoms with E-state index in [2.05, 4.69) is 4.90 Å². The van der Waals surface area contributed by atoms with E-state index in [0.29, 0.717) is 39.0 Å². The first kappa shape index (κ1) is 24.7. The summed E-state index contributed by atoms with van der Waals surface area (Å²) < 4.78 is 16.0. The van der Waals surface area contributed by atoms with Crippen molar-refractivity contribution >= 4 is 17.6 Å². The van der Waals surface area contributed by atoms with E-state index >= 15 is 0 Å². The number of carbonyl (C=O) groups is 2. The number of amides is 1. The molecule has 1 amide bonds. The molecule has 1 saturated heterocycles. The molecule has 1 atom stereocenters. The lowest BCUT2D eigenvalue weighted by atomic mass is 9.96. The van der Waals surface area contributed by atoms with Crippen LogP contribution in [0.5, 0.6) is 11.5 Å². The van der Waals surface area contributed by atoms with E-state index in [1.807, 2.05) is 55.5 Å². The van der Waals surface area contributed by atoms with E-state index in [9.17, 15) is 9.59 Å². The first-order chi connectivity index (χ1) is 17.0. The van der Waals surface area contributed by atoms with E-state index < -0.39 is 0 Å². The molecule has 2 aromatic carbocycles. The van der Waals surface area contributed by atoms with E-state index in [0.717, 1.165) is 28.3 Å². The molecule has 2 aliphatic rings. The average Bonchev–Trinajstić information content (AvgIpc) is 3.35. The van der Waals surface area contributed by atoms with Crippen molar-refractivity contribution < 1.29 is 23.8 Å². The van der Waals surface area contributed by atoms with Crippen LogP contribution in [0.1, 0.15) is 43.4 Å². The first-order valence-corrected chi connectivity index (χ1v) is 12.1. The molecule has 0 bridgehead atoms. The van der Waals surface area contributed by atoms with Crippen LogP contribution in [0, 0.1) is 5.92 Å². The summed E-state index contributed by atoms with van der Waals surface area (Å²) in [5.41, 5.74) is 2.70. The third kappa shape index (κ3) is 5.65. The zero-order valence-electron chi connectivity index (χ0n) is 20.6. The Balaban J connectivity index is 1.52. The Bertz CT molecular complexity index is 1060. The van der Waals surface area contributed by atoms with Crippen LogP contribution < -0.4 is 9.47 Å². The molecule has 0 radical (unpaired) electrons. The second-order valence-electron chi connectivity index (χ2n) is 8.78. The molecular formula is C27H33N3O5. The lowest BCUT2D eigenvalue weighted by Gasteiger charge is -2.32. The summed E-state index contributed by atoms with van der Waals surface area (Å²) in [6.45, 7) is 3.83. The molecule has 0 saturated carbocycles. The monoisotopic (exact) mass is 479 g/mol. The molecule has 2 aromatic rings. The zero-order valence-corrected chi connectivity index (χ0v) is 20.6. The smallest absolute Gasteiger partial charge is 0.309 e. The summed E-state index contributed by atoms with van der Waals surface area (Å²) in [4.78, 5) is 27.6. The number of likely N-dealkylation sites (tertiary alicyclic amines) is 1. The Morgan fingerprint density at radius 1 is 1.00 bits per heavy atom. The van der Waals surface area contributed by atoms with Gasteiger partial charge in [0.05, 0.1) is 45.0 Å². The number of ether oxygens (including phenoxy) is 3. The first-order valence-electron chi connectivity index (χ1n) is 12.1. The van der Waals surface area contributed by atoms with Gasteiger partial charge in [-0.1, -0.05) is 24.3 Å². The van der Waals surface area contributed by atoms with Gasteiger partial charge in [-0.3, -0.25) is 14.5 Å². The molecule has 0 spiro atoms. The predicted molar refractivity (Wildman–Crippen MR) is 133 cm³/mol. The SMILES string of the molecule is CCOC(=O)C1CCN(CC(=O)N2N=C(c3ccccc3OC)CC2c2ccc(OC)cc2)CC1. The molecule has 2 heterocycles. The van der Waals surface area contributed by atoms with Gasteiger partial charge in [0.1, 0.15) is 11.5 Å². The number of methoxy groups -OCH3 is 2. The number of para-hydroxylation sites is 1. The van der Waals surface area contributed by atoms with Gasteiger partial charge in [-0.15, -0.1) is 0 Å². The van der Waals surface area contributed by atoms with Crippen LogP contribution >= 0.6 is 0 Å². The summed E-state index contributed by atoms with van der Waals surface area (Å²) in [5, 5.41) is 6.40. The van der Waals surface area contributed by atoms with Crippen molar-refractivity contribution in [3.8, 4) is 11.5 Å². The van der Waals surface area contributed by atoms with Gasteiger partial charge in [-0.2, -0.15) is 5.10 Å². The number of nitrogens with zero attached hydrogens (tertiary/aromatic N) is 3. The number of carbonyl (C=O) groups excluding carboxylic acids is 2. The van der Waals surface area contributed by atoms with Gasteiger partial charge in [-0.05, 0) is 62.7 Å². The highest BCUT2D eigenvalue weighted by Gasteiger charge is 2.35. The number of rotatable bonds is 8. The summed E-state index contributed by atoms with van der Waals surface area (Å²) in [6, 6.07) is 15.3. The fraction of sp³-hybridized carbons (Fsp3) is 0.444. The Labute approximate surface area is 206 Å². The number of hydrazone groups is 1. The van der Waals surface area contributed by atoms with Crippen molar-refractivity contribution in [2.45, 2.75) is 32.2 Å². The maximum Gasteiger partial charge on any atom is 0.309 e. The predicted octanol–water partition coefficient (Wildman–Crippen LogP) is 3.66. The van der Waals surface area contributed by atoms with Gasteiger partial charge in [0.2, 0.25) is 0 Å². The number of hydrogen-bond donors (Lipinski definition) is 0. The molecule has 0 N–H and O–H groups in total. The van der Waals surface area contributed by atoms with Crippen LogP contribution in [0.15, 0.2) is 53.6 Å². The van der Waals surface area contributed by atoms with Crippen molar-refractivity contribution in [3.63, 3.8) is 0 Å². The summed E-state index contributed by atoms with van der Waals surface area (Å²) in [6.07, 6.45) is 1.98. The third-order valence-electron chi connectivity index (χ3n) is 6.65. The molecule has 1 unspecified atom stereocenters. The van der Waals surface area contributed by atoms with E-state index in [-0.39, 0.29) is 30.4 Å². The molecule has 35 heavy (non-hydrogen) atoms. The van der Waals surface area contributed by atoms with Gasteiger partial charge in [0.25, 0.3) is 5.91 Å².